The number of nitrogens with one attached hydrogen (secondary N) is 2. The Bertz CT molecular complexity index is 1080. The number of carbonyl (C=O) groups is 2. The van der Waals surface area contributed by atoms with E-state index in [2.05, 4.69) is 10.6 Å². The number of aromatic nitrogens is 1. The van der Waals surface area contributed by atoms with Crippen molar-refractivity contribution in [1.82, 2.24) is 4.90 Å². The number of urea groups is 1. The molecule has 7 heteroatoms. The summed E-state index contributed by atoms with van der Waals surface area (Å²) in [7, 11) is 0. The van der Waals surface area contributed by atoms with E-state index in [4.69, 9.17) is 0 Å². The van der Waals surface area contributed by atoms with Gasteiger partial charge in [0.1, 0.15) is 0 Å². The summed E-state index contributed by atoms with van der Waals surface area (Å²) in [6.45, 7) is 2.98. The highest BCUT2D eigenvalue weighted by molar-refractivity contribution is 6.00. The van der Waals surface area contributed by atoms with Crippen molar-refractivity contribution in [2.24, 2.45) is 0 Å². The maximum Gasteiger partial charge on any atom is 0.323 e. The van der Waals surface area contributed by atoms with Gasteiger partial charge in [-0.1, -0.05) is 29.8 Å². The molecule has 2 aromatic carbocycles. The van der Waals surface area contributed by atoms with Gasteiger partial charge in [0, 0.05) is 36.6 Å². The lowest BCUT2D eigenvalue weighted by Crippen LogP contribution is -2.37. The Balaban J connectivity index is 1.45. The minimum atomic E-state index is -0.305. The Morgan fingerprint density at radius 2 is 1.73 bits per heavy atom. The van der Waals surface area contributed by atoms with Crippen LogP contribution in [0.3, 0.4) is 0 Å². The first-order chi connectivity index (χ1) is 14.5. The maximum atomic E-state index is 12.7. The highest BCUT2D eigenvalue weighted by Gasteiger charge is 2.24. The standard InChI is InChI=1S/C23H22N4O3/c1-16-5-7-19(8-6-16)24-23(29)25-21-4-2-3-18-15-26(12-11-20(18)21)22(28)17-9-13-27(30)14-10-17/h2-10,13-14H,11-12,15H2,1H3,(H2,24,25,29). The van der Waals surface area contributed by atoms with Gasteiger partial charge in [0.2, 0.25) is 0 Å². The normalized spacial score (nSPS) is 12.8. The lowest BCUT2D eigenvalue weighted by molar-refractivity contribution is -0.605. The molecule has 0 fully saturated rings. The summed E-state index contributed by atoms with van der Waals surface area (Å²) in [5.74, 6) is -0.114. The highest BCUT2D eigenvalue weighted by Crippen LogP contribution is 2.27. The number of benzene rings is 2. The average molecular weight is 402 g/mol. The first-order valence-corrected chi connectivity index (χ1v) is 9.73. The number of pyridine rings is 1. The summed E-state index contributed by atoms with van der Waals surface area (Å²) in [5, 5.41) is 17.0. The van der Waals surface area contributed by atoms with E-state index >= 15 is 0 Å². The van der Waals surface area contributed by atoms with Crippen molar-refractivity contribution in [3.8, 4) is 0 Å². The van der Waals surface area contributed by atoms with Crippen LogP contribution in [-0.4, -0.2) is 23.4 Å². The van der Waals surface area contributed by atoms with Gasteiger partial charge >= 0.3 is 6.03 Å². The van der Waals surface area contributed by atoms with E-state index in [1.165, 1.54) is 24.5 Å². The molecule has 4 rings (SSSR count). The second-order valence-corrected chi connectivity index (χ2v) is 7.31. The van der Waals surface area contributed by atoms with Gasteiger partial charge in [-0.3, -0.25) is 4.79 Å². The molecule has 2 heterocycles. The number of rotatable bonds is 3. The molecule has 1 aromatic heterocycles. The second kappa shape index (κ2) is 8.24. The summed E-state index contributed by atoms with van der Waals surface area (Å²) in [6.07, 6.45) is 3.27. The molecule has 0 saturated carbocycles. The zero-order chi connectivity index (χ0) is 21.1. The Hall–Kier alpha value is -3.87. The average Bonchev–Trinajstić information content (AvgIpc) is 2.75. The quantitative estimate of drug-likeness (QED) is 0.519. The van der Waals surface area contributed by atoms with Gasteiger partial charge in [0.15, 0.2) is 12.4 Å². The molecular formula is C23H22N4O3. The van der Waals surface area contributed by atoms with Gasteiger partial charge in [-0.05, 0) is 42.7 Å². The zero-order valence-electron chi connectivity index (χ0n) is 16.6. The topological polar surface area (TPSA) is 88.4 Å². The van der Waals surface area contributed by atoms with Gasteiger partial charge in [-0.15, -0.1) is 0 Å². The fraction of sp³-hybridized carbons (Fsp3) is 0.174. The zero-order valence-corrected chi connectivity index (χ0v) is 16.6. The summed E-state index contributed by atoms with van der Waals surface area (Å²) < 4.78 is 0.655. The fourth-order valence-corrected chi connectivity index (χ4v) is 3.56. The molecule has 0 bridgehead atoms. The number of nitrogens with zero attached hydrogens (tertiary/aromatic N) is 2. The van der Waals surface area contributed by atoms with Crippen LogP contribution >= 0.6 is 0 Å². The minimum absolute atomic E-state index is 0.114. The van der Waals surface area contributed by atoms with Crippen molar-refractivity contribution in [3.05, 3.63) is 94.5 Å². The van der Waals surface area contributed by atoms with E-state index < -0.39 is 0 Å². The molecule has 0 atom stereocenters. The molecular weight excluding hydrogens is 380 g/mol. The molecule has 30 heavy (non-hydrogen) atoms. The van der Waals surface area contributed by atoms with E-state index in [9.17, 15) is 14.8 Å². The largest absolute Gasteiger partial charge is 0.619 e. The summed E-state index contributed by atoms with van der Waals surface area (Å²) in [6, 6.07) is 16.1. The number of hydrogen-bond acceptors (Lipinski definition) is 3. The van der Waals surface area contributed by atoms with E-state index in [1.54, 1.807) is 4.90 Å². The molecule has 0 saturated heterocycles. The maximum absolute atomic E-state index is 12.7. The molecule has 7 nitrogen and oxygen atoms in total. The predicted octanol–water partition coefficient (Wildman–Crippen LogP) is 3.47. The molecule has 3 aromatic rings. The molecule has 152 valence electrons. The Labute approximate surface area is 174 Å². The molecule has 0 aliphatic carbocycles. The number of carbonyl (C=O) groups excluding carboxylic acids is 2. The molecule has 1 aliphatic rings. The van der Waals surface area contributed by atoms with E-state index in [0.717, 1.165) is 28.1 Å². The Morgan fingerprint density at radius 1 is 1.00 bits per heavy atom. The third-order valence-electron chi connectivity index (χ3n) is 5.16. The van der Waals surface area contributed by atoms with Crippen LogP contribution in [0.15, 0.2) is 67.0 Å². The van der Waals surface area contributed by atoms with Crippen molar-refractivity contribution >= 4 is 23.3 Å². The van der Waals surface area contributed by atoms with Crippen LogP contribution in [0, 0.1) is 12.1 Å². The van der Waals surface area contributed by atoms with Gasteiger partial charge in [0.25, 0.3) is 5.91 Å². The van der Waals surface area contributed by atoms with Crippen molar-refractivity contribution < 1.29 is 14.3 Å². The number of aryl methyl sites for hydroxylation is 1. The van der Waals surface area contributed by atoms with E-state index in [-0.39, 0.29) is 11.9 Å². The SMILES string of the molecule is Cc1ccc(NC(=O)Nc2cccc3c2CCN(C(=O)c2cc[n+]([O-])cc2)C3)cc1. The molecule has 2 N–H and O–H groups in total. The Morgan fingerprint density at radius 3 is 2.47 bits per heavy atom. The second-order valence-electron chi connectivity index (χ2n) is 7.31. The van der Waals surface area contributed by atoms with Gasteiger partial charge in [0.05, 0.1) is 5.56 Å². The van der Waals surface area contributed by atoms with Crippen LogP contribution in [-0.2, 0) is 13.0 Å². The third-order valence-corrected chi connectivity index (χ3v) is 5.16. The van der Waals surface area contributed by atoms with Crippen molar-refractivity contribution in [1.29, 1.82) is 0 Å². The summed E-state index contributed by atoms with van der Waals surface area (Å²) in [4.78, 5) is 26.9. The Kier molecular flexibility index (Phi) is 5.34. The molecule has 0 radical (unpaired) electrons. The van der Waals surface area contributed by atoms with Crippen LogP contribution in [0.1, 0.15) is 27.0 Å². The molecule has 0 unspecified atom stereocenters. The van der Waals surface area contributed by atoms with E-state index in [0.29, 0.717) is 29.8 Å². The first-order valence-electron chi connectivity index (χ1n) is 9.73. The fourth-order valence-electron chi connectivity index (χ4n) is 3.56. The van der Waals surface area contributed by atoms with E-state index in [1.807, 2.05) is 49.4 Å². The lowest BCUT2D eigenvalue weighted by Gasteiger charge is -2.30. The van der Waals surface area contributed by atoms with Crippen molar-refractivity contribution in [2.75, 3.05) is 17.2 Å². The monoisotopic (exact) mass is 402 g/mol. The smallest absolute Gasteiger partial charge is 0.323 e. The number of amides is 3. The highest BCUT2D eigenvalue weighted by atomic mass is 16.5. The van der Waals surface area contributed by atoms with Gasteiger partial charge in [-0.25, -0.2) is 4.79 Å². The number of anilines is 2. The van der Waals surface area contributed by atoms with Crippen molar-refractivity contribution in [2.45, 2.75) is 19.9 Å². The lowest BCUT2D eigenvalue weighted by atomic mass is 9.97. The van der Waals surface area contributed by atoms with Crippen LogP contribution in [0.4, 0.5) is 16.2 Å². The van der Waals surface area contributed by atoms with Crippen molar-refractivity contribution in [3.63, 3.8) is 0 Å². The van der Waals surface area contributed by atoms with Crippen LogP contribution in [0.25, 0.3) is 0 Å². The minimum Gasteiger partial charge on any atom is -0.619 e. The third kappa shape index (κ3) is 4.25. The summed E-state index contributed by atoms with van der Waals surface area (Å²) in [5.41, 5.74) is 5.11. The molecule has 3 amide bonds. The molecule has 0 spiro atoms. The predicted molar refractivity (Wildman–Crippen MR) is 114 cm³/mol. The van der Waals surface area contributed by atoms with Crippen LogP contribution in [0.2, 0.25) is 0 Å². The van der Waals surface area contributed by atoms with Crippen LogP contribution < -0.4 is 15.4 Å². The molecule has 1 aliphatic heterocycles. The number of hydrogen-bond donors (Lipinski definition) is 2. The first kappa shape index (κ1) is 19.4. The van der Waals surface area contributed by atoms with Crippen LogP contribution in [0.5, 0.6) is 0 Å². The summed E-state index contributed by atoms with van der Waals surface area (Å²) >= 11 is 0. The number of fused-ring (bicyclic) bond motifs is 1. The van der Waals surface area contributed by atoms with Gasteiger partial charge in [-0.2, -0.15) is 4.73 Å². The van der Waals surface area contributed by atoms with Gasteiger partial charge < -0.3 is 20.7 Å².